The summed E-state index contributed by atoms with van der Waals surface area (Å²) < 4.78 is 2.71. The Bertz CT molecular complexity index is 3190. The van der Waals surface area contributed by atoms with E-state index in [0.29, 0.717) is 0 Å². The summed E-state index contributed by atoms with van der Waals surface area (Å²) >= 11 is 1.98. The van der Waals surface area contributed by atoms with Gasteiger partial charge in [-0.1, -0.05) is 133 Å². The summed E-state index contributed by atoms with van der Waals surface area (Å²) in [6, 6.07) is 36.0. The van der Waals surface area contributed by atoms with Gasteiger partial charge in [-0.25, -0.2) is 4.98 Å². The van der Waals surface area contributed by atoms with E-state index < -0.39 is 0 Å². The van der Waals surface area contributed by atoms with Gasteiger partial charge >= 0.3 is 0 Å². The zero-order valence-electron chi connectivity index (χ0n) is 42.8. The third kappa shape index (κ3) is 6.80. The first-order valence-electron chi connectivity index (χ1n) is 24.9. The van der Waals surface area contributed by atoms with Crippen LogP contribution in [0.3, 0.4) is 0 Å². The van der Waals surface area contributed by atoms with Gasteiger partial charge < -0.3 is 4.90 Å². The summed E-state index contributed by atoms with van der Waals surface area (Å²) in [6.45, 7) is 35.8. The molecule has 0 bridgehead atoms. The molecule has 0 saturated carbocycles. The van der Waals surface area contributed by atoms with Gasteiger partial charge in [0.15, 0.2) is 0 Å². The van der Waals surface area contributed by atoms with Crippen molar-refractivity contribution in [3.63, 3.8) is 0 Å². The topological polar surface area (TPSA) is 32.3 Å². The maximum absolute atomic E-state index is 5.94. The van der Waals surface area contributed by atoms with Gasteiger partial charge in [-0.3, -0.25) is 9.88 Å². The van der Waals surface area contributed by atoms with Crippen molar-refractivity contribution >= 4 is 78.1 Å². The normalized spacial score (nSPS) is 18.5. The van der Waals surface area contributed by atoms with Gasteiger partial charge in [-0.05, 0) is 170 Å². The Balaban J connectivity index is 1.31. The molecule has 342 valence electrons. The van der Waals surface area contributed by atoms with Crippen LogP contribution in [0.1, 0.15) is 162 Å². The lowest BCUT2D eigenvalue weighted by Crippen LogP contribution is -2.61. The lowest BCUT2D eigenvalue weighted by atomic mass is 9.36. The van der Waals surface area contributed by atoms with E-state index in [2.05, 4.69) is 199 Å². The second kappa shape index (κ2) is 14.4. The standard InChI is InChI=1S/C61H69BN4S/c1-36-17-16-30-63-52(36)47-35-49-51-55(64-47)66(40-23-24-42-43(32-40)59(10,11)27-26-58(42,8)9)48-34-45-44(60(12,13)28-29-61(45,14)15)33-46(48)62(51)54-53(41-31-38(57(5,6)7)20-25-50(41)67-54)65(49)39-21-18-37(19-22-39)56(2,3)4/h16-25,30-35H,26-29H2,1-15H3. The van der Waals surface area contributed by atoms with Crippen LogP contribution in [0.4, 0.5) is 34.3 Å². The lowest BCUT2D eigenvalue weighted by molar-refractivity contribution is 0.332. The van der Waals surface area contributed by atoms with Gasteiger partial charge in [0.2, 0.25) is 0 Å². The molecule has 0 atom stereocenters. The fourth-order valence-corrected chi connectivity index (χ4v) is 13.4. The molecular formula is C61H69BN4S. The molecule has 7 aromatic rings. The van der Waals surface area contributed by atoms with Gasteiger partial charge in [0, 0.05) is 43.8 Å². The fourth-order valence-electron chi connectivity index (χ4n) is 12.1. The highest BCUT2D eigenvalue weighted by Crippen LogP contribution is 2.54. The number of anilines is 6. The number of hydrogen-bond donors (Lipinski definition) is 0. The number of pyridine rings is 2. The SMILES string of the molecule is Cc1cccnc1-c1cc2c3c(n1)N(c1ccc4c(c1)C(C)(C)CCC4(C)C)c1cc4c(cc1B3c1sc3ccc(C(C)(C)C)cc3c1N2c1ccc(C(C)(C)C)cc1)C(C)(C)CCC4(C)C. The molecular weight excluding hydrogens is 832 g/mol. The Morgan fingerprint density at radius 2 is 1.16 bits per heavy atom. The van der Waals surface area contributed by atoms with Crippen LogP contribution in [0.15, 0.2) is 97.2 Å². The Labute approximate surface area is 405 Å². The van der Waals surface area contributed by atoms with E-state index >= 15 is 0 Å². The van der Waals surface area contributed by atoms with Gasteiger partial charge in [-0.15, -0.1) is 11.3 Å². The largest absolute Gasteiger partial charge is 0.310 e. The fraction of sp³-hybridized carbons (Fsp3) is 0.410. The van der Waals surface area contributed by atoms with Crippen LogP contribution >= 0.6 is 11.3 Å². The molecule has 67 heavy (non-hydrogen) atoms. The number of rotatable bonds is 3. The van der Waals surface area contributed by atoms with Gasteiger partial charge in [0.25, 0.3) is 6.71 Å². The number of nitrogens with zero attached hydrogens (tertiary/aromatic N) is 4. The summed E-state index contributed by atoms with van der Waals surface area (Å²) in [5, 5.41) is 1.31. The molecule has 2 aliphatic carbocycles. The van der Waals surface area contributed by atoms with Gasteiger partial charge in [0.1, 0.15) is 5.82 Å². The first-order chi connectivity index (χ1) is 31.4. The van der Waals surface area contributed by atoms with Crippen LogP contribution in [0.2, 0.25) is 0 Å². The van der Waals surface area contributed by atoms with Crippen LogP contribution in [0.5, 0.6) is 0 Å². The number of thiophene rings is 1. The summed E-state index contributed by atoms with van der Waals surface area (Å²) in [4.78, 5) is 16.2. The van der Waals surface area contributed by atoms with E-state index in [-0.39, 0.29) is 39.2 Å². The third-order valence-electron chi connectivity index (χ3n) is 16.7. The van der Waals surface area contributed by atoms with Crippen LogP contribution in [0, 0.1) is 6.92 Å². The molecule has 3 aromatic heterocycles. The Hall–Kier alpha value is -5.20. The van der Waals surface area contributed by atoms with E-state index in [1.165, 1.54) is 88.3 Å². The third-order valence-corrected chi connectivity index (χ3v) is 17.9. The van der Waals surface area contributed by atoms with E-state index in [1.807, 2.05) is 23.6 Å². The zero-order chi connectivity index (χ0) is 47.5. The highest BCUT2D eigenvalue weighted by atomic mass is 32.1. The lowest BCUT2D eigenvalue weighted by Gasteiger charge is -2.47. The molecule has 0 N–H and O–H groups in total. The monoisotopic (exact) mass is 901 g/mol. The summed E-state index contributed by atoms with van der Waals surface area (Å²) in [6.07, 6.45) is 6.57. The molecule has 4 aromatic carbocycles. The van der Waals surface area contributed by atoms with Crippen molar-refractivity contribution in [2.45, 2.75) is 162 Å². The van der Waals surface area contributed by atoms with Crippen molar-refractivity contribution in [2.75, 3.05) is 9.80 Å². The quantitative estimate of drug-likeness (QED) is 0.165. The highest BCUT2D eigenvalue weighted by molar-refractivity contribution is 7.33. The molecule has 0 saturated heterocycles. The number of fused-ring (bicyclic) bond motifs is 8. The van der Waals surface area contributed by atoms with Crippen LogP contribution in [-0.2, 0) is 32.5 Å². The molecule has 0 unspecified atom stereocenters. The van der Waals surface area contributed by atoms with Crippen molar-refractivity contribution in [1.82, 2.24) is 9.97 Å². The molecule has 0 amide bonds. The van der Waals surface area contributed by atoms with E-state index in [4.69, 9.17) is 9.97 Å². The minimum absolute atomic E-state index is 0.0103. The van der Waals surface area contributed by atoms with Gasteiger partial charge in [-0.2, -0.15) is 0 Å². The zero-order valence-corrected chi connectivity index (χ0v) is 43.7. The molecule has 6 heteroatoms. The molecule has 2 aliphatic heterocycles. The molecule has 0 spiro atoms. The van der Waals surface area contributed by atoms with E-state index in [9.17, 15) is 0 Å². The number of aryl methyl sites for hydroxylation is 1. The Kier molecular flexibility index (Phi) is 9.54. The smallest absolute Gasteiger partial charge is 0.266 e. The van der Waals surface area contributed by atoms with Crippen LogP contribution in [-0.4, -0.2) is 16.7 Å². The first kappa shape index (κ1) is 44.3. The van der Waals surface area contributed by atoms with E-state index in [0.717, 1.165) is 47.7 Å². The summed E-state index contributed by atoms with van der Waals surface area (Å²) in [5.74, 6) is 1.01. The molecule has 0 fully saturated rings. The molecule has 4 nitrogen and oxygen atoms in total. The van der Waals surface area contributed by atoms with Crippen LogP contribution in [0.25, 0.3) is 21.5 Å². The van der Waals surface area contributed by atoms with Crippen LogP contribution < -0.4 is 25.5 Å². The molecule has 4 aliphatic rings. The summed E-state index contributed by atoms with van der Waals surface area (Å²) in [7, 11) is 0. The van der Waals surface area contributed by atoms with Crippen molar-refractivity contribution < 1.29 is 0 Å². The van der Waals surface area contributed by atoms with Crippen molar-refractivity contribution in [3.05, 3.63) is 136 Å². The predicted molar refractivity (Wildman–Crippen MR) is 290 cm³/mol. The molecule has 5 heterocycles. The second-order valence-electron chi connectivity index (χ2n) is 25.3. The summed E-state index contributed by atoms with van der Waals surface area (Å²) in [5.41, 5.74) is 20.4. The average molecular weight is 901 g/mol. The van der Waals surface area contributed by atoms with E-state index in [1.54, 1.807) is 0 Å². The first-order valence-corrected chi connectivity index (χ1v) is 25.8. The Morgan fingerprint density at radius 1 is 0.582 bits per heavy atom. The minimum atomic E-state index is -0.0302. The minimum Gasteiger partial charge on any atom is -0.310 e. The molecule has 0 radical (unpaired) electrons. The maximum Gasteiger partial charge on any atom is 0.266 e. The van der Waals surface area contributed by atoms with Gasteiger partial charge in [0.05, 0.1) is 17.1 Å². The second-order valence-corrected chi connectivity index (χ2v) is 26.4. The highest BCUT2D eigenvalue weighted by Gasteiger charge is 2.49. The predicted octanol–water partition coefficient (Wildman–Crippen LogP) is 15.0. The number of aromatic nitrogens is 2. The Morgan fingerprint density at radius 3 is 1.79 bits per heavy atom. The molecule has 11 rings (SSSR count). The average Bonchev–Trinajstić information content (AvgIpc) is 3.64. The van der Waals surface area contributed by atoms with Crippen molar-refractivity contribution in [1.29, 1.82) is 0 Å². The number of hydrogen-bond acceptors (Lipinski definition) is 5. The van der Waals surface area contributed by atoms with Crippen molar-refractivity contribution in [3.8, 4) is 11.4 Å². The maximum atomic E-state index is 5.94. The number of benzene rings is 4. The van der Waals surface area contributed by atoms with Crippen molar-refractivity contribution in [2.24, 2.45) is 0 Å².